The lowest BCUT2D eigenvalue weighted by atomic mass is 9.98. The quantitative estimate of drug-likeness (QED) is 0.665. The monoisotopic (exact) mass is 308 g/mol. The second-order valence-corrected chi connectivity index (χ2v) is 6.71. The van der Waals surface area contributed by atoms with Gasteiger partial charge in [-0.05, 0) is 11.6 Å². The average molecular weight is 308 g/mol. The summed E-state index contributed by atoms with van der Waals surface area (Å²) in [7, 11) is 0. The minimum atomic E-state index is -4.35. The number of rotatable bonds is 3. The van der Waals surface area contributed by atoms with Crippen LogP contribution in [0.1, 0.15) is 17.2 Å². The normalized spacial score (nSPS) is 22.2. The molecule has 0 bridgehead atoms. The molecule has 0 radical (unpaired) electrons. The molecule has 19 heavy (non-hydrogen) atoms. The van der Waals surface area contributed by atoms with E-state index in [2.05, 4.69) is 5.43 Å². The van der Waals surface area contributed by atoms with Gasteiger partial charge in [0.25, 0.3) is 0 Å². The van der Waals surface area contributed by atoms with Crippen LogP contribution in [0.15, 0.2) is 24.3 Å². The molecule has 2 rings (SSSR count). The number of hydrazine groups is 1. The van der Waals surface area contributed by atoms with E-state index in [0.717, 1.165) is 23.3 Å². The van der Waals surface area contributed by atoms with Crippen molar-refractivity contribution < 1.29 is 13.2 Å². The summed E-state index contributed by atoms with van der Waals surface area (Å²) < 4.78 is 39.1. The summed E-state index contributed by atoms with van der Waals surface area (Å²) >= 11 is 3.44. The van der Waals surface area contributed by atoms with Gasteiger partial charge in [0.05, 0.1) is 11.6 Å². The van der Waals surface area contributed by atoms with Crippen molar-refractivity contribution in [2.45, 2.75) is 17.5 Å². The maximum Gasteiger partial charge on any atom is 0.416 e. The van der Waals surface area contributed by atoms with Crippen molar-refractivity contribution in [1.82, 2.24) is 5.43 Å². The van der Waals surface area contributed by atoms with Crippen LogP contribution in [0.5, 0.6) is 0 Å². The zero-order valence-corrected chi connectivity index (χ0v) is 11.7. The number of benzene rings is 1. The van der Waals surface area contributed by atoms with Crippen LogP contribution in [0, 0.1) is 0 Å². The predicted molar refractivity (Wildman–Crippen MR) is 75.1 cm³/mol. The number of nitrogens with one attached hydrogen (secondary N) is 1. The molecule has 0 aromatic heterocycles. The Morgan fingerprint density at radius 1 is 1.26 bits per heavy atom. The molecule has 2 atom stereocenters. The fraction of sp³-hybridized carbons (Fsp3) is 0.500. The van der Waals surface area contributed by atoms with Crippen molar-refractivity contribution in [3.63, 3.8) is 0 Å². The predicted octanol–water partition coefficient (Wildman–Crippen LogP) is 3.06. The van der Waals surface area contributed by atoms with Crippen LogP contribution < -0.4 is 11.3 Å². The molecule has 2 nitrogen and oxygen atoms in total. The van der Waals surface area contributed by atoms with Gasteiger partial charge in [0.2, 0.25) is 0 Å². The summed E-state index contributed by atoms with van der Waals surface area (Å²) in [6.45, 7) is 0. The van der Waals surface area contributed by atoms with Crippen molar-refractivity contribution in [3.05, 3.63) is 35.4 Å². The van der Waals surface area contributed by atoms with E-state index < -0.39 is 17.8 Å². The fourth-order valence-corrected chi connectivity index (χ4v) is 4.96. The molecule has 1 aromatic rings. The van der Waals surface area contributed by atoms with E-state index in [1.165, 1.54) is 12.1 Å². The van der Waals surface area contributed by atoms with E-state index in [9.17, 15) is 13.2 Å². The number of thioether (sulfide) groups is 2. The van der Waals surface area contributed by atoms with Crippen LogP contribution in [0.2, 0.25) is 0 Å². The minimum Gasteiger partial charge on any atom is -0.271 e. The highest BCUT2D eigenvalue weighted by molar-refractivity contribution is 8.06. The van der Waals surface area contributed by atoms with E-state index in [4.69, 9.17) is 5.84 Å². The van der Waals surface area contributed by atoms with Crippen LogP contribution in [-0.4, -0.2) is 22.5 Å². The molecule has 1 saturated heterocycles. The molecule has 1 aliphatic rings. The summed E-state index contributed by atoms with van der Waals surface area (Å²) in [6, 6.07) is 5.17. The van der Waals surface area contributed by atoms with Gasteiger partial charge in [0.15, 0.2) is 0 Å². The molecule has 2 unspecified atom stereocenters. The highest BCUT2D eigenvalue weighted by Crippen LogP contribution is 2.39. The zero-order chi connectivity index (χ0) is 13.9. The fourth-order valence-electron chi connectivity index (χ4n) is 2.12. The van der Waals surface area contributed by atoms with Gasteiger partial charge in [-0.25, -0.2) is 0 Å². The lowest BCUT2D eigenvalue weighted by molar-refractivity contribution is -0.138. The Labute approximate surface area is 118 Å². The van der Waals surface area contributed by atoms with Crippen molar-refractivity contribution in [2.75, 3.05) is 17.3 Å². The van der Waals surface area contributed by atoms with Crippen molar-refractivity contribution >= 4 is 23.5 Å². The highest BCUT2D eigenvalue weighted by atomic mass is 32.2. The number of alkyl halides is 3. The van der Waals surface area contributed by atoms with Gasteiger partial charge in [-0.1, -0.05) is 18.2 Å². The third-order valence-corrected chi connectivity index (χ3v) is 5.86. The molecule has 0 aliphatic carbocycles. The summed E-state index contributed by atoms with van der Waals surface area (Å²) in [5.74, 6) is 8.31. The molecule has 0 amide bonds. The van der Waals surface area contributed by atoms with Crippen LogP contribution in [0.4, 0.5) is 13.2 Å². The minimum absolute atomic E-state index is 0.0623. The first kappa shape index (κ1) is 15.0. The van der Waals surface area contributed by atoms with Crippen LogP contribution in [0.25, 0.3) is 0 Å². The van der Waals surface area contributed by atoms with Crippen molar-refractivity contribution in [3.8, 4) is 0 Å². The Morgan fingerprint density at radius 3 is 2.58 bits per heavy atom. The van der Waals surface area contributed by atoms with Gasteiger partial charge >= 0.3 is 6.18 Å². The number of hydrogen-bond donors (Lipinski definition) is 2. The summed E-state index contributed by atoms with van der Waals surface area (Å²) in [5.41, 5.74) is 2.20. The first-order valence-corrected chi connectivity index (χ1v) is 8.06. The van der Waals surface area contributed by atoms with E-state index in [-0.39, 0.29) is 10.8 Å². The Balaban J connectivity index is 2.32. The molecular formula is C12H15F3N2S2. The Kier molecular flexibility index (Phi) is 5.05. The van der Waals surface area contributed by atoms with Gasteiger partial charge in [0.1, 0.15) is 0 Å². The molecule has 3 N–H and O–H groups in total. The second-order valence-electron chi connectivity index (χ2n) is 4.21. The second kappa shape index (κ2) is 6.39. The summed E-state index contributed by atoms with van der Waals surface area (Å²) in [4.78, 5) is 0. The molecule has 1 aliphatic heterocycles. The molecule has 106 valence electrons. The standard InChI is InChI=1S/C12H15F3N2S2/c13-12(14,15)9-4-2-1-3-8(9)11(17-16)10-7-18-5-6-19-10/h1-4,10-11,17H,5-7,16H2. The topological polar surface area (TPSA) is 38.0 Å². The molecule has 0 spiro atoms. The van der Waals surface area contributed by atoms with E-state index in [0.29, 0.717) is 0 Å². The first-order chi connectivity index (χ1) is 9.04. The van der Waals surface area contributed by atoms with Crippen molar-refractivity contribution in [1.29, 1.82) is 0 Å². The molecule has 1 aromatic carbocycles. The summed E-state index contributed by atoms with van der Waals surface area (Å²) in [5, 5.41) is 0.0623. The van der Waals surface area contributed by atoms with E-state index in [1.54, 1.807) is 29.6 Å². The molecule has 0 saturated carbocycles. The van der Waals surface area contributed by atoms with Gasteiger partial charge in [-0.15, -0.1) is 0 Å². The highest BCUT2D eigenvalue weighted by Gasteiger charge is 2.37. The Morgan fingerprint density at radius 2 is 2.00 bits per heavy atom. The average Bonchev–Trinajstić information content (AvgIpc) is 2.40. The first-order valence-electron chi connectivity index (χ1n) is 5.85. The largest absolute Gasteiger partial charge is 0.416 e. The van der Waals surface area contributed by atoms with Gasteiger partial charge in [-0.2, -0.15) is 36.7 Å². The van der Waals surface area contributed by atoms with Crippen molar-refractivity contribution in [2.24, 2.45) is 5.84 Å². The van der Waals surface area contributed by atoms with Gasteiger partial charge in [-0.3, -0.25) is 11.3 Å². The maximum absolute atomic E-state index is 13.0. The third kappa shape index (κ3) is 3.59. The SMILES string of the molecule is NNC(c1ccccc1C(F)(F)F)C1CSCCS1. The van der Waals surface area contributed by atoms with E-state index >= 15 is 0 Å². The Bertz CT molecular complexity index is 420. The number of halogens is 3. The maximum atomic E-state index is 13.0. The number of nitrogens with two attached hydrogens (primary N) is 1. The molecular weight excluding hydrogens is 293 g/mol. The Hall–Kier alpha value is -0.370. The third-order valence-electron chi connectivity index (χ3n) is 2.99. The smallest absolute Gasteiger partial charge is 0.271 e. The number of hydrogen-bond acceptors (Lipinski definition) is 4. The summed E-state index contributed by atoms with van der Waals surface area (Å²) in [6.07, 6.45) is -4.35. The molecule has 7 heteroatoms. The lowest BCUT2D eigenvalue weighted by Crippen LogP contribution is -2.38. The lowest BCUT2D eigenvalue weighted by Gasteiger charge is -2.30. The molecule has 1 fully saturated rings. The van der Waals surface area contributed by atoms with Crippen LogP contribution >= 0.6 is 23.5 Å². The van der Waals surface area contributed by atoms with Crippen LogP contribution in [-0.2, 0) is 6.18 Å². The molecule has 1 heterocycles. The van der Waals surface area contributed by atoms with Gasteiger partial charge < -0.3 is 0 Å². The zero-order valence-electron chi connectivity index (χ0n) is 10.1. The van der Waals surface area contributed by atoms with Gasteiger partial charge in [0, 0.05) is 22.5 Å². The van der Waals surface area contributed by atoms with E-state index in [1.807, 2.05) is 0 Å². The van der Waals surface area contributed by atoms with Crippen LogP contribution in [0.3, 0.4) is 0 Å².